The molecule has 0 saturated heterocycles. The number of carbonyl (C=O) groups excluding carboxylic acids is 1. The first-order chi connectivity index (χ1) is 22.1. The standard InChI is InChI=1S/C29H27B6FN8O3/c1-4-24(45)38-18-14-19(22(47-3)15-20(18)41(2)10-11-43(28(30,31)32)29(33,34)35)39-26-37-8-7-23(40-26)44-21-13-17(36)12-16-6-5-9-42(25(16)21)27(44)46/h4,7-8,12-15H,1,5-6,9-11H2,2-3H3,(H,38,45)(H,37,39,40). The number of methoxy groups -OCH3 is 1. The van der Waals surface area contributed by atoms with Crippen molar-refractivity contribution in [1.29, 1.82) is 0 Å². The van der Waals surface area contributed by atoms with Crippen molar-refractivity contribution in [1.82, 2.24) is 24.0 Å². The third kappa shape index (κ3) is 7.02. The van der Waals surface area contributed by atoms with Gasteiger partial charge in [0.2, 0.25) is 11.9 Å². The summed E-state index contributed by atoms with van der Waals surface area (Å²) in [5.41, 5.74) is 2.77. The van der Waals surface area contributed by atoms with Gasteiger partial charge in [0.15, 0.2) is 0 Å². The Morgan fingerprint density at radius 2 is 1.85 bits per heavy atom. The summed E-state index contributed by atoms with van der Waals surface area (Å²) in [5, 5.41) is 2.03. The van der Waals surface area contributed by atoms with Crippen molar-refractivity contribution < 1.29 is 13.9 Å². The first kappa shape index (κ1) is 34.0. The summed E-state index contributed by atoms with van der Waals surface area (Å²) < 4.78 is 23.2. The maximum absolute atomic E-state index is 14.6. The normalized spacial score (nSPS) is 13.0. The second kappa shape index (κ2) is 13.1. The number of imidazole rings is 1. The molecule has 12 radical (unpaired) electrons. The van der Waals surface area contributed by atoms with Gasteiger partial charge in [0.25, 0.3) is 0 Å². The van der Waals surface area contributed by atoms with E-state index < -0.39 is 22.2 Å². The number of rotatable bonds is 12. The molecule has 0 aliphatic carbocycles. The van der Waals surface area contributed by atoms with E-state index >= 15 is 0 Å². The molecule has 0 unspecified atom stereocenters. The number of carbonyl (C=O) groups is 1. The minimum atomic E-state index is -1.92. The Balaban J connectivity index is 1.51. The number of ether oxygens (including phenoxy) is 1. The van der Waals surface area contributed by atoms with Gasteiger partial charge in [-0.1, -0.05) is 17.1 Å². The van der Waals surface area contributed by atoms with Crippen LogP contribution in [0.5, 0.6) is 5.75 Å². The zero-order chi connectivity index (χ0) is 34.3. The maximum Gasteiger partial charge on any atom is 0.334 e. The topological polar surface area (TPSA) is 110 Å². The van der Waals surface area contributed by atoms with Gasteiger partial charge in [0.05, 0.1) is 82.3 Å². The molecule has 18 heteroatoms. The molecule has 2 aromatic heterocycles. The van der Waals surface area contributed by atoms with E-state index in [0.717, 1.165) is 23.0 Å². The number of amides is 1. The number of benzene rings is 2. The highest BCUT2D eigenvalue weighted by molar-refractivity contribution is 6.63. The monoisotopic (exact) mass is 620 g/mol. The highest BCUT2D eigenvalue weighted by atomic mass is 19.1. The highest BCUT2D eigenvalue weighted by Crippen LogP contribution is 2.38. The predicted octanol–water partition coefficient (Wildman–Crippen LogP) is 0.516. The van der Waals surface area contributed by atoms with Crippen LogP contribution in [0.3, 0.4) is 0 Å². The fourth-order valence-corrected chi connectivity index (χ4v) is 5.67. The fourth-order valence-electron chi connectivity index (χ4n) is 5.67. The van der Waals surface area contributed by atoms with E-state index in [1.54, 1.807) is 34.7 Å². The lowest BCUT2D eigenvalue weighted by Gasteiger charge is -2.49. The molecule has 0 saturated carbocycles. The average molecular weight is 619 g/mol. The zero-order valence-corrected chi connectivity index (χ0v) is 26.0. The second-order valence-electron chi connectivity index (χ2n) is 11.3. The minimum Gasteiger partial charge on any atom is -0.494 e. The molecule has 1 aliphatic heterocycles. The number of likely N-dealkylation sites (N-methyl/N-ethyl adjacent to an activating group) is 1. The Kier molecular flexibility index (Phi) is 9.45. The minimum absolute atomic E-state index is 0.0302. The number of nitrogens with one attached hydrogen (secondary N) is 2. The maximum atomic E-state index is 14.6. The summed E-state index contributed by atoms with van der Waals surface area (Å²) in [6.07, 6.45) is 3.98. The molecule has 0 bridgehead atoms. The van der Waals surface area contributed by atoms with Crippen molar-refractivity contribution in [3.63, 3.8) is 0 Å². The summed E-state index contributed by atoms with van der Waals surface area (Å²) in [5.74, 6) is -0.233. The van der Waals surface area contributed by atoms with Gasteiger partial charge >= 0.3 is 5.69 Å². The number of nitrogens with zero attached hydrogens (tertiary/aromatic N) is 6. The summed E-state index contributed by atoms with van der Waals surface area (Å²) in [7, 11) is 38.2. The molecule has 1 aliphatic rings. The molecule has 11 nitrogen and oxygen atoms in total. The first-order valence-corrected chi connectivity index (χ1v) is 14.5. The Labute approximate surface area is 279 Å². The molecule has 47 heavy (non-hydrogen) atoms. The van der Waals surface area contributed by atoms with Crippen LogP contribution in [0, 0.1) is 5.82 Å². The first-order valence-electron chi connectivity index (χ1n) is 14.5. The van der Waals surface area contributed by atoms with Crippen molar-refractivity contribution in [2.24, 2.45) is 0 Å². The Morgan fingerprint density at radius 3 is 2.51 bits per heavy atom. The molecule has 1 amide bonds. The zero-order valence-electron chi connectivity index (χ0n) is 26.0. The molecular formula is C29H27B6FN8O3. The molecule has 226 valence electrons. The number of hydrogen-bond donors (Lipinski definition) is 2. The van der Waals surface area contributed by atoms with Gasteiger partial charge in [-0.15, -0.1) is 0 Å². The van der Waals surface area contributed by atoms with E-state index in [2.05, 4.69) is 27.2 Å². The van der Waals surface area contributed by atoms with Crippen molar-refractivity contribution in [2.75, 3.05) is 42.8 Å². The van der Waals surface area contributed by atoms with E-state index in [1.165, 1.54) is 30.0 Å². The Bertz CT molecular complexity index is 1890. The van der Waals surface area contributed by atoms with Crippen LogP contribution in [0.4, 0.5) is 27.4 Å². The third-order valence-electron chi connectivity index (χ3n) is 7.78. The van der Waals surface area contributed by atoms with Gasteiger partial charge in [-0.25, -0.2) is 18.7 Å². The van der Waals surface area contributed by atoms with Crippen LogP contribution in [-0.2, 0) is 17.8 Å². The van der Waals surface area contributed by atoms with Crippen molar-refractivity contribution in [3.8, 4) is 11.6 Å². The lowest BCUT2D eigenvalue weighted by molar-refractivity contribution is -0.111. The molecule has 3 heterocycles. The number of aryl methyl sites for hydroxylation is 2. The van der Waals surface area contributed by atoms with Crippen LogP contribution in [0.25, 0.3) is 16.9 Å². The largest absolute Gasteiger partial charge is 0.494 e. The summed E-state index contributed by atoms with van der Waals surface area (Å²) >= 11 is 0. The molecular weight excluding hydrogens is 592 g/mol. The number of anilines is 4. The van der Waals surface area contributed by atoms with Gasteiger partial charge < -0.3 is 25.2 Å². The molecule has 0 fully saturated rings. The SMILES string of the molecule is [B]C([B])([B])N(CCN(C)c1cc(OC)c(Nc2nccc(-n3c(=O)n4c5c(cc(F)cc53)CCC4)n2)cc1NC(=O)C=C)C([B])([B])[B]. The number of aromatic nitrogens is 4. The molecule has 4 aromatic rings. The van der Waals surface area contributed by atoms with E-state index in [1.807, 2.05) is 0 Å². The van der Waals surface area contributed by atoms with Crippen molar-refractivity contribution >= 4 is 87.0 Å². The Morgan fingerprint density at radius 1 is 1.13 bits per heavy atom. The molecule has 0 spiro atoms. The number of hydrogen-bond acceptors (Lipinski definition) is 8. The predicted molar refractivity (Wildman–Crippen MR) is 186 cm³/mol. The van der Waals surface area contributed by atoms with Gasteiger partial charge in [-0.3, -0.25) is 9.36 Å². The van der Waals surface area contributed by atoms with E-state index in [9.17, 15) is 14.0 Å². The van der Waals surface area contributed by atoms with Gasteiger partial charge in [-0.2, -0.15) is 4.98 Å². The number of halogens is 1. The molecule has 0 atom stereocenters. The van der Waals surface area contributed by atoms with Crippen LogP contribution in [0.15, 0.2) is 54.0 Å². The van der Waals surface area contributed by atoms with E-state index in [4.69, 9.17) is 51.8 Å². The van der Waals surface area contributed by atoms with Crippen LogP contribution < -0.4 is 26.0 Å². The second-order valence-corrected chi connectivity index (χ2v) is 11.3. The summed E-state index contributed by atoms with van der Waals surface area (Å²) in [6.45, 7) is 4.27. The van der Waals surface area contributed by atoms with Gasteiger partial charge in [0, 0.05) is 51.1 Å². The van der Waals surface area contributed by atoms with Gasteiger partial charge in [0.1, 0.15) is 17.4 Å². The van der Waals surface area contributed by atoms with Crippen LogP contribution >= 0.6 is 0 Å². The average Bonchev–Trinajstić information content (AvgIpc) is 3.27. The highest BCUT2D eigenvalue weighted by Gasteiger charge is 2.29. The molecule has 2 aromatic carbocycles. The van der Waals surface area contributed by atoms with E-state index in [-0.39, 0.29) is 30.5 Å². The summed E-state index contributed by atoms with van der Waals surface area (Å²) in [6, 6.07) is 7.62. The van der Waals surface area contributed by atoms with Crippen LogP contribution in [0.1, 0.15) is 12.0 Å². The smallest absolute Gasteiger partial charge is 0.334 e. The Hall–Kier alpha value is -4.32. The third-order valence-corrected chi connectivity index (χ3v) is 7.78. The van der Waals surface area contributed by atoms with E-state index in [0.29, 0.717) is 46.8 Å². The lowest BCUT2D eigenvalue weighted by Crippen LogP contribution is -2.64. The fraction of sp³-hybridized carbons (Fsp3) is 0.310. The van der Waals surface area contributed by atoms with Crippen LogP contribution in [-0.4, -0.2) is 115 Å². The van der Waals surface area contributed by atoms with Crippen molar-refractivity contribution in [3.05, 3.63) is 71.0 Å². The van der Waals surface area contributed by atoms with Gasteiger partial charge in [-0.05, 0) is 36.6 Å². The molecule has 2 N–H and O–H groups in total. The quantitative estimate of drug-likeness (QED) is 0.175. The summed E-state index contributed by atoms with van der Waals surface area (Å²) in [4.78, 5) is 37.6. The lowest BCUT2D eigenvalue weighted by atomic mass is 9.40. The molecule has 5 rings (SSSR count). The van der Waals surface area contributed by atoms with Crippen LogP contribution in [0.2, 0.25) is 0 Å². The van der Waals surface area contributed by atoms with Crippen molar-refractivity contribution in [2.45, 2.75) is 29.9 Å².